The number of benzene rings is 1. The summed E-state index contributed by atoms with van der Waals surface area (Å²) < 4.78 is 13.6. The average molecular weight is 328 g/mol. The molecule has 0 aliphatic carbocycles. The fourth-order valence-electron chi connectivity index (χ4n) is 2.07. The second kappa shape index (κ2) is 6.31. The zero-order valence-electron chi connectivity index (χ0n) is 12.0. The van der Waals surface area contributed by atoms with Gasteiger partial charge in [-0.25, -0.2) is 9.18 Å². The lowest BCUT2D eigenvalue weighted by atomic mass is 10.1. The maximum Gasteiger partial charge on any atom is 0.325 e. The maximum atomic E-state index is 13.6. The molecule has 1 aromatic rings. The molecule has 1 heterocycles. The van der Waals surface area contributed by atoms with Gasteiger partial charge in [0.2, 0.25) is 5.91 Å². The van der Waals surface area contributed by atoms with Crippen molar-refractivity contribution in [2.75, 3.05) is 11.9 Å². The summed E-state index contributed by atoms with van der Waals surface area (Å²) in [6.07, 6.45) is 0. The molecule has 1 aliphatic heterocycles. The van der Waals surface area contributed by atoms with Crippen LogP contribution in [-0.2, 0) is 9.59 Å². The predicted molar refractivity (Wildman–Crippen MR) is 78.9 cm³/mol. The number of halogens is 2. The highest BCUT2D eigenvalue weighted by Crippen LogP contribution is 2.19. The smallest absolute Gasteiger partial charge is 0.325 e. The molecule has 1 aliphatic rings. The fourth-order valence-corrected chi connectivity index (χ4v) is 2.23. The van der Waals surface area contributed by atoms with Crippen LogP contribution in [0.15, 0.2) is 18.2 Å². The van der Waals surface area contributed by atoms with Crippen LogP contribution in [0.4, 0.5) is 14.9 Å². The van der Waals surface area contributed by atoms with E-state index in [-0.39, 0.29) is 16.6 Å². The first kappa shape index (κ1) is 16.2. The van der Waals surface area contributed by atoms with Crippen molar-refractivity contribution >= 4 is 35.1 Å². The molecule has 1 aromatic carbocycles. The van der Waals surface area contributed by atoms with E-state index in [1.807, 2.05) is 0 Å². The maximum absolute atomic E-state index is 13.6. The Morgan fingerprint density at radius 2 is 2.14 bits per heavy atom. The zero-order valence-corrected chi connectivity index (χ0v) is 12.8. The predicted octanol–water partition coefficient (Wildman–Crippen LogP) is 1.99. The zero-order chi connectivity index (χ0) is 16.4. The van der Waals surface area contributed by atoms with Crippen molar-refractivity contribution in [2.24, 2.45) is 5.92 Å². The Balaban J connectivity index is 2.03. The van der Waals surface area contributed by atoms with Gasteiger partial charge in [-0.2, -0.15) is 0 Å². The van der Waals surface area contributed by atoms with Crippen LogP contribution in [0.1, 0.15) is 13.8 Å². The number of carbonyl (C=O) groups is 3. The van der Waals surface area contributed by atoms with Crippen molar-refractivity contribution in [1.82, 2.24) is 10.2 Å². The number of nitrogens with zero attached hydrogens (tertiary/aromatic N) is 1. The molecule has 1 saturated heterocycles. The van der Waals surface area contributed by atoms with Crippen LogP contribution < -0.4 is 10.6 Å². The first-order valence-electron chi connectivity index (χ1n) is 6.66. The molecule has 0 aromatic heterocycles. The normalized spacial score (nSPS) is 17.9. The van der Waals surface area contributed by atoms with Gasteiger partial charge in [0.15, 0.2) is 0 Å². The third-order valence-corrected chi connectivity index (χ3v) is 3.46. The number of anilines is 1. The summed E-state index contributed by atoms with van der Waals surface area (Å²) in [4.78, 5) is 36.5. The first-order valence-corrected chi connectivity index (χ1v) is 7.04. The van der Waals surface area contributed by atoms with Gasteiger partial charge in [-0.1, -0.05) is 25.4 Å². The molecule has 118 valence electrons. The van der Waals surface area contributed by atoms with E-state index >= 15 is 0 Å². The Morgan fingerprint density at radius 3 is 2.68 bits per heavy atom. The third-order valence-electron chi connectivity index (χ3n) is 3.23. The largest absolute Gasteiger partial charge is 0.326 e. The van der Waals surface area contributed by atoms with Crippen LogP contribution in [0, 0.1) is 11.7 Å². The fraction of sp³-hybridized carbons (Fsp3) is 0.357. The van der Waals surface area contributed by atoms with Crippen LogP contribution in [0.25, 0.3) is 0 Å². The van der Waals surface area contributed by atoms with Gasteiger partial charge in [-0.05, 0) is 24.1 Å². The number of imide groups is 1. The van der Waals surface area contributed by atoms with E-state index in [9.17, 15) is 18.8 Å². The van der Waals surface area contributed by atoms with Crippen LogP contribution in [0.3, 0.4) is 0 Å². The van der Waals surface area contributed by atoms with Gasteiger partial charge >= 0.3 is 6.03 Å². The van der Waals surface area contributed by atoms with E-state index in [2.05, 4.69) is 10.6 Å². The van der Waals surface area contributed by atoms with Crippen molar-refractivity contribution in [2.45, 2.75) is 19.9 Å². The number of nitrogens with one attached hydrogen (secondary N) is 2. The molecule has 0 radical (unpaired) electrons. The highest BCUT2D eigenvalue weighted by atomic mass is 35.5. The highest BCUT2D eigenvalue weighted by Gasteiger charge is 2.40. The molecular formula is C14H15ClFN3O3. The number of hydrogen-bond acceptors (Lipinski definition) is 3. The summed E-state index contributed by atoms with van der Waals surface area (Å²) in [5.41, 5.74) is -0.0677. The Morgan fingerprint density at radius 1 is 1.45 bits per heavy atom. The Kier molecular flexibility index (Phi) is 4.65. The highest BCUT2D eigenvalue weighted by molar-refractivity contribution is 6.30. The van der Waals surface area contributed by atoms with Crippen LogP contribution in [0.2, 0.25) is 5.02 Å². The van der Waals surface area contributed by atoms with E-state index in [0.29, 0.717) is 0 Å². The van der Waals surface area contributed by atoms with Crippen molar-refractivity contribution in [3.8, 4) is 0 Å². The minimum Gasteiger partial charge on any atom is -0.326 e. The van der Waals surface area contributed by atoms with Crippen LogP contribution >= 0.6 is 11.6 Å². The van der Waals surface area contributed by atoms with Crippen molar-refractivity contribution < 1.29 is 18.8 Å². The molecule has 8 heteroatoms. The number of rotatable bonds is 4. The molecule has 2 N–H and O–H groups in total. The molecule has 6 nitrogen and oxygen atoms in total. The molecule has 22 heavy (non-hydrogen) atoms. The molecule has 4 amide bonds. The van der Waals surface area contributed by atoms with Crippen molar-refractivity contribution in [3.63, 3.8) is 0 Å². The van der Waals surface area contributed by atoms with Gasteiger partial charge in [0, 0.05) is 5.02 Å². The van der Waals surface area contributed by atoms with E-state index in [4.69, 9.17) is 11.6 Å². The topological polar surface area (TPSA) is 78.5 Å². The standard InChI is InChI=1S/C14H15ClFN3O3/c1-7(2)12-13(21)19(14(22)18-12)6-11(20)17-10-4-3-8(15)5-9(10)16/h3-5,7,12H,6H2,1-2H3,(H,17,20)(H,18,22)/t12-/m1/s1. The van der Waals surface area contributed by atoms with Gasteiger partial charge in [0.1, 0.15) is 18.4 Å². The lowest BCUT2D eigenvalue weighted by molar-refractivity contribution is -0.131. The Bertz CT molecular complexity index is 636. The lowest BCUT2D eigenvalue weighted by Crippen LogP contribution is -2.39. The van der Waals surface area contributed by atoms with E-state index in [1.54, 1.807) is 13.8 Å². The summed E-state index contributed by atoms with van der Waals surface area (Å²) in [7, 11) is 0. The van der Waals surface area contributed by atoms with Gasteiger partial charge in [0.05, 0.1) is 5.69 Å². The van der Waals surface area contributed by atoms with Gasteiger partial charge in [-0.3, -0.25) is 14.5 Å². The molecule has 0 unspecified atom stereocenters. The summed E-state index contributed by atoms with van der Waals surface area (Å²) in [5.74, 6) is -1.92. The molecule has 0 bridgehead atoms. The first-order chi connectivity index (χ1) is 10.3. The minimum atomic E-state index is -0.696. The molecule has 1 atom stereocenters. The summed E-state index contributed by atoms with van der Waals surface area (Å²) in [6, 6.07) is 2.50. The van der Waals surface area contributed by atoms with Gasteiger partial charge < -0.3 is 10.6 Å². The molecule has 0 saturated carbocycles. The Labute approximate surface area is 131 Å². The number of urea groups is 1. The minimum absolute atomic E-state index is 0.0677. The summed E-state index contributed by atoms with van der Waals surface area (Å²) in [6.45, 7) is 3.10. The average Bonchev–Trinajstić information content (AvgIpc) is 2.70. The van der Waals surface area contributed by atoms with Crippen LogP contribution in [0.5, 0.6) is 0 Å². The van der Waals surface area contributed by atoms with Crippen LogP contribution in [-0.4, -0.2) is 35.3 Å². The second-order valence-electron chi connectivity index (χ2n) is 5.27. The molecule has 0 spiro atoms. The lowest BCUT2D eigenvalue weighted by Gasteiger charge is -2.14. The van der Waals surface area contributed by atoms with Crippen molar-refractivity contribution in [1.29, 1.82) is 0 Å². The molecular weight excluding hydrogens is 313 g/mol. The number of hydrogen-bond donors (Lipinski definition) is 2. The molecule has 2 rings (SSSR count). The van der Waals surface area contributed by atoms with E-state index in [1.165, 1.54) is 12.1 Å². The quantitative estimate of drug-likeness (QED) is 0.830. The van der Waals surface area contributed by atoms with E-state index in [0.717, 1.165) is 11.0 Å². The SMILES string of the molecule is CC(C)[C@H]1NC(=O)N(CC(=O)Nc2ccc(Cl)cc2F)C1=O. The monoisotopic (exact) mass is 327 g/mol. The van der Waals surface area contributed by atoms with E-state index < -0.39 is 36.2 Å². The second-order valence-corrected chi connectivity index (χ2v) is 5.70. The summed E-state index contributed by atoms with van der Waals surface area (Å²) in [5, 5.41) is 5.01. The number of amides is 4. The Hall–Kier alpha value is -2.15. The molecule has 1 fully saturated rings. The number of carbonyl (C=O) groups excluding carboxylic acids is 3. The van der Waals surface area contributed by atoms with Gasteiger partial charge in [0.25, 0.3) is 5.91 Å². The third kappa shape index (κ3) is 3.36. The van der Waals surface area contributed by atoms with Gasteiger partial charge in [-0.15, -0.1) is 0 Å². The van der Waals surface area contributed by atoms with Crippen molar-refractivity contribution in [3.05, 3.63) is 29.0 Å². The summed E-state index contributed by atoms with van der Waals surface area (Å²) >= 11 is 5.62.